The number of rotatable bonds is 7. The summed E-state index contributed by atoms with van der Waals surface area (Å²) in [4.78, 5) is 43.7. The Kier molecular flexibility index (Phi) is 6.61. The number of amides is 1. The van der Waals surface area contributed by atoms with Crippen molar-refractivity contribution in [2.75, 3.05) is 18.1 Å². The highest BCUT2D eigenvalue weighted by atomic mass is 32.1. The molecule has 2 aliphatic carbocycles. The molecule has 1 unspecified atom stereocenters. The van der Waals surface area contributed by atoms with Gasteiger partial charge in [0.05, 0.1) is 11.6 Å². The van der Waals surface area contributed by atoms with Crippen LogP contribution in [0, 0.1) is 17.8 Å². The first-order valence-electron chi connectivity index (χ1n) is 10.7. The summed E-state index contributed by atoms with van der Waals surface area (Å²) in [6.07, 6.45) is 5.49. The Morgan fingerprint density at radius 1 is 1.19 bits per heavy atom. The maximum absolute atomic E-state index is 12.8. The lowest BCUT2D eigenvalue weighted by atomic mass is 9.67. The van der Waals surface area contributed by atoms with E-state index in [4.69, 9.17) is 4.74 Å². The molecule has 1 heterocycles. The number of hydrogen-bond donors (Lipinski definition) is 0. The number of thiazole rings is 1. The molecule has 6 nitrogen and oxygen atoms in total. The average molecular weight is 439 g/mol. The number of Topliss-reactive ketones (excluding diaryl/α,β-unsaturated/α-hetero) is 1. The van der Waals surface area contributed by atoms with E-state index in [9.17, 15) is 14.4 Å². The SMILES string of the molecule is C=CCN(C(=O)COC(=O)C1C[C@H]2CCC[C@@H](C1)C2=O)c1nc(-c2ccccc2)cs1. The molecular weight excluding hydrogens is 412 g/mol. The molecule has 1 aromatic heterocycles. The summed E-state index contributed by atoms with van der Waals surface area (Å²) >= 11 is 1.36. The van der Waals surface area contributed by atoms with Gasteiger partial charge in [-0.25, -0.2) is 4.98 Å². The predicted octanol–water partition coefficient (Wildman–Crippen LogP) is 4.27. The smallest absolute Gasteiger partial charge is 0.309 e. The molecule has 0 radical (unpaired) electrons. The van der Waals surface area contributed by atoms with Gasteiger partial charge in [-0.1, -0.05) is 42.8 Å². The maximum Gasteiger partial charge on any atom is 0.309 e. The third-order valence-corrected chi connectivity index (χ3v) is 6.99. The van der Waals surface area contributed by atoms with Crippen LogP contribution in [0.3, 0.4) is 0 Å². The Morgan fingerprint density at radius 2 is 1.90 bits per heavy atom. The van der Waals surface area contributed by atoms with Crippen molar-refractivity contribution in [2.45, 2.75) is 32.1 Å². The fourth-order valence-corrected chi connectivity index (χ4v) is 5.41. The minimum Gasteiger partial charge on any atom is -0.455 e. The number of benzene rings is 1. The first-order chi connectivity index (χ1) is 15.1. The second kappa shape index (κ2) is 9.56. The van der Waals surface area contributed by atoms with E-state index in [0.717, 1.165) is 30.5 Å². The van der Waals surface area contributed by atoms with Crippen LogP contribution in [0.25, 0.3) is 11.3 Å². The van der Waals surface area contributed by atoms with Crippen molar-refractivity contribution in [1.29, 1.82) is 0 Å². The topological polar surface area (TPSA) is 76.6 Å². The van der Waals surface area contributed by atoms with Crippen molar-refractivity contribution in [3.05, 3.63) is 48.4 Å². The van der Waals surface area contributed by atoms with Crippen LogP contribution < -0.4 is 4.90 Å². The van der Waals surface area contributed by atoms with Crippen LogP contribution in [0.2, 0.25) is 0 Å². The van der Waals surface area contributed by atoms with E-state index in [0.29, 0.717) is 23.8 Å². The molecule has 7 heteroatoms. The second-order valence-electron chi connectivity index (χ2n) is 8.18. The summed E-state index contributed by atoms with van der Waals surface area (Å²) in [7, 11) is 0. The lowest BCUT2D eigenvalue weighted by molar-refractivity contribution is -0.156. The van der Waals surface area contributed by atoms with E-state index < -0.39 is 0 Å². The Hall–Kier alpha value is -2.80. The number of esters is 1. The number of carbonyl (C=O) groups is 3. The van der Waals surface area contributed by atoms with Crippen LogP contribution in [0.1, 0.15) is 32.1 Å². The normalized spacial score (nSPS) is 22.6. The van der Waals surface area contributed by atoms with Crippen molar-refractivity contribution in [1.82, 2.24) is 4.98 Å². The molecule has 2 aromatic rings. The quantitative estimate of drug-likeness (QED) is 0.477. The number of fused-ring (bicyclic) bond motifs is 2. The van der Waals surface area contributed by atoms with Crippen LogP contribution in [0.15, 0.2) is 48.4 Å². The van der Waals surface area contributed by atoms with Gasteiger partial charge in [0, 0.05) is 29.3 Å². The highest BCUT2D eigenvalue weighted by Gasteiger charge is 2.42. The van der Waals surface area contributed by atoms with Gasteiger partial charge in [0.15, 0.2) is 11.7 Å². The standard InChI is InChI=1S/C24H26N2O4S/c1-2-11-26(24-25-20(15-31-24)16-7-4-3-5-8-16)21(27)14-30-23(29)19-12-17-9-6-10-18(13-19)22(17)28/h2-5,7-8,15,17-19H,1,6,9-14H2/t17-,18+,19?. The fourth-order valence-electron chi connectivity index (χ4n) is 4.55. The number of anilines is 1. The average Bonchev–Trinajstić information content (AvgIpc) is 3.26. The minimum atomic E-state index is -0.375. The molecule has 2 bridgehead atoms. The second-order valence-corrected chi connectivity index (χ2v) is 9.01. The molecule has 3 atom stereocenters. The summed E-state index contributed by atoms with van der Waals surface area (Å²) in [6.45, 7) is 3.66. The first-order valence-corrected chi connectivity index (χ1v) is 11.6. The third kappa shape index (κ3) is 4.77. The van der Waals surface area contributed by atoms with Gasteiger partial charge in [0.25, 0.3) is 5.91 Å². The van der Waals surface area contributed by atoms with Crippen molar-refractivity contribution in [2.24, 2.45) is 17.8 Å². The molecule has 1 aromatic carbocycles. The van der Waals surface area contributed by atoms with E-state index in [2.05, 4.69) is 11.6 Å². The van der Waals surface area contributed by atoms with Crippen molar-refractivity contribution < 1.29 is 19.1 Å². The van der Waals surface area contributed by atoms with E-state index in [1.165, 1.54) is 16.2 Å². The van der Waals surface area contributed by atoms with Gasteiger partial charge in [-0.3, -0.25) is 19.3 Å². The molecule has 2 aliphatic rings. The summed E-state index contributed by atoms with van der Waals surface area (Å²) in [5, 5.41) is 2.44. The number of ether oxygens (including phenoxy) is 1. The minimum absolute atomic E-state index is 0.0234. The number of carbonyl (C=O) groups excluding carboxylic acids is 3. The lowest BCUT2D eigenvalue weighted by Crippen LogP contribution is -2.40. The van der Waals surface area contributed by atoms with Crippen LogP contribution in [0.5, 0.6) is 0 Å². The monoisotopic (exact) mass is 438 g/mol. The van der Waals surface area contributed by atoms with Gasteiger partial charge in [-0.2, -0.15) is 0 Å². The van der Waals surface area contributed by atoms with E-state index >= 15 is 0 Å². The van der Waals surface area contributed by atoms with Crippen LogP contribution in [-0.2, 0) is 19.1 Å². The van der Waals surface area contributed by atoms with E-state index in [1.807, 2.05) is 35.7 Å². The number of hydrogen-bond acceptors (Lipinski definition) is 6. The van der Waals surface area contributed by atoms with E-state index in [1.54, 1.807) is 6.08 Å². The van der Waals surface area contributed by atoms with Gasteiger partial charge in [-0.05, 0) is 25.7 Å². The summed E-state index contributed by atoms with van der Waals surface area (Å²) in [6, 6.07) is 9.74. The molecule has 0 spiro atoms. The Balaban J connectivity index is 1.38. The van der Waals surface area contributed by atoms with Gasteiger partial charge >= 0.3 is 5.97 Å². The molecule has 0 N–H and O–H groups in total. The van der Waals surface area contributed by atoms with Crippen molar-refractivity contribution in [3.63, 3.8) is 0 Å². The Bertz CT molecular complexity index is 955. The Labute approximate surface area is 185 Å². The summed E-state index contributed by atoms with van der Waals surface area (Å²) < 4.78 is 5.39. The summed E-state index contributed by atoms with van der Waals surface area (Å²) in [5.74, 6) is -0.746. The molecular formula is C24H26N2O4S. The fraction of sp³-hybridized carbons (Fsp3) is 0.417. The molecule has 0 aliphatic heterocycles. The first kappa shape index (κ1) is 21.4. The molecule has 1 amide bonds. The van der Waals surface area contributed by atoms with Crippen LogP contribution in [0.4, 0.5) is 5.13 Å². The van der Waals surface area contributed by atoms with Gasteiger partial charge in [0.2, 0.25) is 0 Å². The maximum atomic E-state index is 12.8. The van der Waals surface area contributed by atoms with Gasteiger partial charge in [0.1, 0.15) is 5.78 Å². The number of ketones is 1. The molecule has 162 valence electrons. The molecule has 2 saturated carbocycles. The highest BCUT2D eigenvalue weighted by molar-refractivity contribution is 7.14. The van der Waals surface area contributed by atoms with Crippen molar-refractivity contribution in [3.8, 4) is 11.3 Å². The lowest BCUT2D eigenvalue weighted by Gasteiger charge is -2.36. The predicted molar refractivity (Wildman–Crippen MR) is 120 cm³/mol. The summed E-state index contributed by atoms with van der Waals surface area (Å²) in [5.41, 5.74) is 1.76. The largest absolute Gasteiger partial charge is 0.455 e. The Morgan fingerprint density at radius 3 is 2.58 bits per heavy atom. The molecule has 4 rings (SSSR count). The van der Waals surface area contributed by atoms with Gasteiger partial charge in [-0.15, -0.1) is 17.9 Å². The zero-order valence-corrected chi connectivity index (χ0v) is 18.2. The van der Waals surface area contributed by atoms with E-state index in [-0.39, 0.29) is 42.8 Å². The zero-order chi connectivity index (χ0) is 21.8. The number of nitrogens with zero attached hydrogens (tertiary/aromatic N) is 2. The molecule has 2 fully saturated rings. The van der Waals surface area contributed by atoms with Crippen molar-refractivity contribution >= 4 is 34.1 Å². The molecule has 31 heavy (non-hydrogen) atoms. The van der Waals surface area contributed by atoms with Gasteiger partial charge < -0.3 is 4.74 Å². The number of aromatic nitrogens is 1. The molecule has 0 saturated heterocycles. The highest BCUT2D eigenvalue weighted by Crippen LogP contribution is 2.40. The van der Waals surface area contributed by atoms with Crippen LogP contribution in [-0.4, -0.2) is 35.8 Å². The zero-order valence-electron chi connectivity index (χ0n) is 17.4. The van der Waals surface area contributed by atoms with Crippen LogP contribution >= 0.6 is 11.3 Å². The third-order valence-electron chi connectivity index (χ3n) is 6.12.